The molecule has 3 saturated heterocycles. The molecular weight excluding hydrogens is 204 g/mol. The molecule has 3 atom stereocenters. The second-order valence-corrected chi connectivity index (χ2v) is 5.34. The molecule has 3 heterocycles. The number of nitrogens with zero attached hydrogens (tertiary/aromatic N) is 1. The van der Waals surface area contributed by atoms with Crippen molar-refractivity contribution in [2.24, 2.45) is 17.8 Å². The van der Waals surface area contributed by atoms with Crippen LogP contribution in [0.25, 0.3) is 0 Å². The molecule has 0 saturated carbocycles. The van der Waals surface area contributed by atoms with Crippen molar-refractivity contribution in [1.29, 1.82) is 0 Å². The van der Waals surface area contributed by atoms with E-state index in [9.17, 15) is 4.79 Å². The Morgan fingerprint density at radius 3 is 2.62 bits per heavy atom. The Bertz CT molecular complexity index is 264. The summed E-state index contributed by atoms with van der Waals surface area (Å²) in [6, 6.07) is 0. The number of fused-ring (bicyclic) bond motifs is 1. The Kier molecular flexibility index (Phi) is 2.86. The van der Waals surface area contributed by atoms with Gasteiger partial charge in [0.1, 0.15) is 0 Å². The van der Waals surface area contributed by atoms with Crippen molar-refractivity contribution in [1.82, 2.24) is 10.2 Å². The van der Waals surface area contributed by atoms with E-state index >= 15 is 0 Å². The molecule has 1 unspecified atom stereocenters. The lowest BCUT2D eigenvalue weighted by molar-refractivity contribution is -0.138. The molecule has 0 aromatic heterocycles. The lowest BCUT2D eigenvalue weighted by atomic mass is 10.0. The normalized spacial score (nSPS) is 38.8. The Morgan fingerprint density at radius 1 is 1.25 bits per heavy atom. The van der Waals surface area contributed by atoms with Crippen LogP contribution in [0.1, 0.15) is 12.8 Å². The molecule has 90 valence electrons. The minimum Gasteiger partial charge on any atom is -0.381 e. The molecule has 0 bridgehead atoms. The molecule has 0 aromatic rings. The zero-order valence-corrected chi connectivity index (χ0v) is 9.65. The summed E-state index contributed by atoms with van der Waals surface area (Å²) in [5.41, 5.74) is 0. The highest BCUT2D eigenvalue weighted by Crippen LogP contribution is 2.28. The summed E-state index contributed by atoms with van der Waals surface area (Å²) in [5, 5.41) is 3.40. The van der Waals surface area contributed by atoms with Gasteiger partial charge >= 0.3 is 0 Å². The molecule has 1 N–H and O–H groups in total. The number of carbonyl (C=O) groups is 1. The summed E-state index contributed by atoms with van der Waals surface area (Å²) in [6.45, 7) is 5.59. The summed E-state index contributed by atoms with van der Waals surface area (Å²) in [4.78, 5) is 14.3. The number of likely N-dealkylation sites (tertiary alicyclic amines) is 1. The van der Waals surface area contributed by atoms with E-state index in [0.717, 1.165) is 45.6 Å². The van der Waals surface area contributed by atoms with Gasteiger partial charge in [0, 0.05) is 32.8 Å². The van der Waals surface area contributed by atoms with Crippen LogP contribution in [0.2, 0.25) is 0 Å². The second kappa shape index (κ2) is 4.34. The van der Waals surface area contributed by atoms with E-state index in [2.05, 4.69) is 10.2 Å². The van der Waals surface area contributed by atoms with Crippen molar-refractivity contribution < 1.29 is 9.53 Å². The van der Waals surface area contributed by atoms with Gasteiger partial charge in [0.2, 0.25) is 5.91 Å². The number of carbonyl (C=O) groups excluding carboxylic acids is 1. The lowest BCUT2D eigenvalue weighted by Gasteiger charge is -2.26. The van der Waals surface area contributed by atoms with Gasteiger partial charge in [-0.15, -0.1) is 0 Å². The van der Waals surface area contributed by atoms with E-state index in [0.29, 0.717) is 24.3 Å². The van der Waals surface area contributed by atoms with Crippen LogP contribution in [0.3, 0.4) is 0 Å². The van der Waals surface area contributed by atoms with Crippen molar-refractivity contribution in [3.8, 4) is 0 Å². The first kappa shape index (κ1) is 10.5. The fourth-order valence-corrected chi connectivity index (χ4v) is 3.23. The Hall–Kier alpha value is -0.610. The van der Waals surface area contributed by atoms with Gasteiger partial charge < -0.3 is 15.0 Å². The van der Waals surface area contributed by atoms with E-state index in [1.165, 1.54) is 0 Å². The number of rotatable bonds is 1. The fraction of sp³-hybridized carbons (Fsp3) is 0.917. The van der Waals surface area contributed by atoms with Crippen molar-refractivity contribution in [3.63, 3.8) is 0 Å². The van der Waals surface area contributed by atoms with Gasteiger partial charge in [0.05, 0.1) is 12.5 Å². The van der Waals surface area contributed by atoms with Gasteiger partial charge in [-0.1, -0.05) is 0 Å². The average molecular weight is 224 g/mol. The predicted octanol–water partition coefficient (Wildman–Crippen LogP) is 0.0908. The van der Waals surface area contributed by atoms with Crippen LogP contribution < -0.4 is 5.32 Å². The maximum absolute atomic E-state index is 12.3. The van der Waals surface area contributed by atoms with Gasteiger partial charge in [-0.3, -0.25) is 4.79 Å². The number of hydrogen-bond donors (Lipinski definition) is 1. The SMILES string of the molecule is O=C(C1CCCOC1)N1C[C@H]2CNC[C@H]2C1. The molecule has 3 rings (SSSR count). The standard InChI is InChI=1S/C12H20N2O2/c15-12(9-2-1-3-16-8-9)14-6-10-4-13-5-11(10)7-14/h9-11,13H,1-8H2/t9?,10-,11+. The van der Waals surface area contributed by atoms with Gasteiger partial charge in [0.25, 0.3) is 0 Å². The summed E-state index contributed by atoms with van der Waals surface area (Å²) < 4.78 is 5.40. The molecule has 3 aliphatic rings. The molecule has 1 amide bonds. The zero-order chi connectivity index (χ0) is 11.0. The first-order chi connectivity index (χ1) is 7.84. The van der Waals surface area contributed by atoms with Crippen LogP contribution in [-0.2, 0) is 9.53 Å². The largest absolute Gasteiger partial charge is 0.381 e. The summed E-state index contributed by atoms with van der Waals surface area (Å²) in [7, 11) is 0. The second-order valence-electron chi connectivity index (χ2n) is 5.34. The average Bonchev–Trinajstić information content (AvgIpc) is 2.89. The van der Waals surface area contributed by atoms with Crippen LogP contribution >= 0.6 is 0 Å². The smallest absolute Gasteiger partial charge is 0.228 e. The highest BCUT2D eigenvalue weighted by Gasteiger charge is 2.39. The molecule has 0 radical (unpaired) electrons. The lowest BCUT2D eigenvalue weighted by Crippen LogP contribution is -2.39. The van der Waals surface area contributed by atoms with Crippen molar-refractivity contribution in [2.75, 3.05) is 39.4 Å². The Balaban J connectivity index is 1.59. The molecule has 0 aromatic carbocycles. The summed E-state index contributed by atoms with van der Waals surface area (Å²) in [5.74, 6) is 1.89. The minimum absolute atomic E-state index is 0.139. The third-order valence-electron chi connectivity index (χ3n) is 4.21. The molecule has 3 aliphatic heterocycles. The number of amides is 1. The third kappa shape index (κ3) is 1.84. The maximum Gasteiger partial charge on any atom is 0.228 e. The van der Waals surface area contributed by atoms with E-state index in [4.69, 9.17) is 4.74 Å². The van der Waals surface area contributed by atoms with Crippen LogP contribution in [-0.4, -0.2) is 50.2 Å². The molecule has 16 heavy (non-hydrogen) atoms. The van der Waals surface area contributed by atoms with E-state index in [1.54, 1.807) is 0 Å². The van der Waals surface area contributed by atoms with Gasteiger partial charge in [-0.2, -0.15) is 0 Å². The molecular formula is C12H20N2O2. The zero-order valence-electron chi connectivity index (χ0n) is 9.65. The number of ether oxygens (including phenoxy) is 1. The maximum atomic E-state index is 12.3. The highest BCUT2D eigenvalue weighted by molar-refractivity contribution is 5.79. The van der Waals surface area contributed by atoms with Crippen molar-refractivity contribution in [2.45, 2.75) is 12.8 Å². The topological polar surface area (TPSA) is 41.6 Å². The first-order valence-corrected chi connectivity index (χ1v) is 6.42. The van der Waals surface area contributed by atoms with E-state index in [1.807, 2.05) is 0 Å². The van der Waals surface area contributed by atoms with Crippen LogP contribution in [0, 0.1) is 17.8 Å². The monoisotopic (exact) mass is 224 g/mol. The van der Waals surface area contributed by atoms with Gasteiger partial charge in [0.15, 0.2) is 0 Å². The Morgan fingerprint density at radius 2 is 2.00 bits per heavy atom. The minimum atomic E-state index is 0.139. The van der Waals surface area contributed by atoms with E-state index in [-0.39, 0.29) is 5.92 Å². The predicted molar refractivity (Wildman–Crippen MR) is 60.0 cm³/mol. The van der Waals surface area contributed by atoms with Crippen LogP contribution in [0.5, 0.6) is 0 Å². The van der Waals surface area contributed by atoms with E-state index < -0.39 is 0 Å². The quantitative estimate of drug-likeness (QED) is 0.686. The number of hydrogen-bond acceptors (Lipinski definition) is 3. The fourth-order valence-electron chi connectivity index (χ4n) is 3.23. The van der Waals surface area contributed by atoms with Crippen LogP contribution in [0.15, 0.2) is 0 Å². The molecule has 0 aliphatic carbocycles. The Labute approximate surface area is 96.3 Å². The molecule has 4 nitrogen and oxygen atoms in total. The summed E-state index contributed by atoms with van der Waals surface area (Å²) >= 11 is 0. The first-order valence-electron chi connectivity index (χ1n) is 6.42. The molecule has 3 fully saturated rings. The van der Waals surface area contributed by atoms with Crippen LogP contribution in [0.4, 0.5) is 0 Å². The van der Waals surface area contributed by atoms with Crippen molar-refractivity contribution >= 4 is 5.91 Å². The molecule has 4 heteroatoms. The van der Waals surface area contributed by atoms with Gasteiger partial charge in [-0.05, 0) is 24.7 Å². The highest BCUT2D eigenvalue weighted by atomic mass is 16.5. The number of nitrogens with one attached hydrogen (secondary N) is 1. The summed E-state index contributed by atoms with van der Waals surface area (Å²) in [6.07, 6.45) is 2.06. The molecule has 0 spiro atoms. The van der Waals surface area contributed by atoms with Gasteiger partial charge in [-0.25, -0.2) is 0 Å². The van der Waals surface area contributed by atoms with Crippen molar-refractivity contribution in [3.05, 3.63) is 0 Å². The third-order valence-corrected chi connectivity index (χ3v) is 4.21.